The lowest BCUT2D eigenvalue weighted by molar-refractivity contribution is 0.0911. The summed E-state index contributed by atoms with van der Waals surface area (Å²) in [5.74, 6) is -0.443. The van der Waals surface area contributed by atoms with Crippen LogP contribution in [0.2, 0.25) is 0 Å². The third kappa shape index (κ3) is 3.27. The van der Waals surface area contributed by atoms with Crippen LogP contribution in [0.25, 0.3) is 0 Å². The molecule has 0 aliphatic heterocycles. The van der Waals surface area contributed by atoms with Gasteiger partial charge in [0.25, 0.3) is 15.0 Å². The fourth-order valence-corrected chi connectivity index (χ4v) is 3.11. The summed E-state index contributed by atoms with van der Waals surface area (Å²) in [6.45, 7) is 5.40. The molecule has 0 bridgehead atoms. The number of aromatic nitrogens is 2. The monoisotopic (exact) mass is 305 g/mol. The van der Waals surface area contributed by atoms with E-state index in [2.05, 4.69) is 15.5 Å². The van der Waals surface area contributed by atoms with Crippen molar-refractivity contribution in [1.29, 1.82) is 0 Å². The molecule has 1 saturated carbocycles. The van der Waals surface area contributed by atoms with Gasteiger partial charge in [-0.25, -0.2) is 8.42 Å². The maximum Gasteiger partial charge on any atom is 0.273 e. The maximum absolute atomic E-state index is 12.1. The summed E-state index contributed by atoms with van der Waals surface area (Å²) in [5, 5.41) is 9.14. The van der Waals surface area contributed by atoms with Crippen LogP contribution < -0.4 is 5.32 Å². The smallest absolute Gasteiger partial charge is 0.273 e. The molecule has 1 amide bonds. The van der Waals surface area contributed by atoms with Gasteiger partial charge in [-0.05, 0) is 33.6 Å². The molecule has 1 heterocycles. The topological polar surface area (TPSA) is 91.9 Å². The molecule has 0 saturated heterocycles. The highest BCUT2D eigenvalue weighted by molar-refractivity contribution is 8.13. The molecular weight excluding hydrogens is 290 g/mol. The number of hydrogen-bond acceptors (Lipinski definition) is 4. The first-order valence-electron chi connectivity index (χ1n) is 5.95. The van der Waals surface area contributed by atoms with E-state index in [1.54, 1.807) is 20.8 Å². The minimum absolute atomic E-state index is 0.104. The van der Waals surface area contributed by atoms with Gasteiger partial charge in [0.2, 0.25) is 0 Å². The van der Waals surface area contributed by atoms with Crippen molar-refractivity contribution in [1.82, 2.24) is 15.5 Å². The van der Waals surface area contributed by atoms with Crippen molar-refractivity contribution in [2.24, 2.45) is 0 Å². The van der Waals surface area contributed by atoms with Crippen LogP contribution in [0.4, 0.5) is 0 Å². The third-order valence-corrected chi connectivity index (χ3v) is 4.04. The predicted molar refractivity (Wildman–Crippen MR) is 70.8 cm³/mol. The van der Waals surface area contributed by atoms with E-state index in [1.165, 1.54) is 0 Å². The first-order valence-corrected chi connectivity index (χ1v) is 8.26. The second-order valence-corrected chi connectivity index (χ2v) is 8.23. The molecule has 1 aliphatic rings. The minimum atomic E-state index is -4.01. The number of nitrogens with one attached hydrogen (secondary N) is 2. The summed E-state index contributed by atoms with van der Waals surface area (Å²) < 4.78 is 23.3. The van der Waals surface area contributed by atoms with E-state index < -0.39 is 20.5 Å². The summed E-state index contributed by atoms with van der Waals surface area (Å²) >= 11 is 0. The Bertz CT molecular complexity index is 612. The molecule has 1 aromatic rings. The fourth-order valence-electron chi connectivity index (χ4n) is 1.79. The average Bonchev–Trinajstić information content (AvgIpc) is 2.92. The van der Waals surface area contributed by atoms with Crippen molar-refractivity contribution in [2.75, 3.05) is 0 Å². The van der Waals surface area contributed by atoms with Crippen LogP contribution in [0.3, 0.4) is 0 Å². The van der Waals surface area contributed by atoms with Gasteiger partial charge in [-0.15, -0.1) is 0 Å². The number of amides is 1. The summed E-state index contributed by atoms with van der Waals surface area (Å²) in [5.41, 5.74) is -0.204. The Morgan fingerprint density at radius 1 is 1.42 bits per heavy atom. The molecule has 0 unspecified atom stereocenters. The van der Waals surface area contributed by atoms with Crippen molar-refractivity contribution in [3.8, 4) is 0 Å². The van der Waals surface area contributed by atoms with Crippen molar-refractivity contribution < 1.29 is 13.2 Å². The average molecular weight is 306 g/mol. The number of rotatable bonds is 3. The Balaban J connectivity index is 2.44. The van der Waals surface area contributed by atoms with E-state index in [0.29, 0.717) is 5.69 Å². The SMILES string of the molecule is CC(C)(C)NC(=O)c1n[nH]c(C2CC2)c1S(=O)(=O)Cl. The molecule has 0 radical (unpaired) electrons. The standard InChI is InChI=1S/C11H16ClN3O3S/c1-11(2,3)13-10(16)8-9(19(12,17)18)7(14-15-8)6-4-5-6/h6H,4-5H2,1-3H3,(H,13,16)(H,14,15). The van der Waals surface area contributed by atoms with Gasteiger partial charge in [-0.3, -0.25) is 9.89 Å². The van der Waals surface area contributed by atoms with Crippen LogP contribution in [0.1, 0.15) is 55.7 Å². The maximum atomic E-state index is 12.1. The second kappa shape index (κ2) is 4.49. The van der Waals surface area contributed by atoms with Gasteiger partial charge in [-0.2, -0.15) is 5.10 Å². The van der Waals surface area contributed by atoms with E-state index in [-0.39, 0.29) is 16.5 Å². The van der Waals surface area contributed by atoms with Gasteiger partial charge in [0.05, 0.1) is 5.69 Å². The molecule has 0 atom stereocenters. The molecule has 8 heteroatoms. The Hall–Kier alpha value is -1.08. The van der Waals surface area contributed by atoms with Gasteiger partial charge < -0.3 is 5.32 Å². The van der Waals surface area contributed by atoms with Crippen LogP contribution in [0.15, 0.2) is 4.90 Å². The number of aromatic amines is 1. The summed E-state index contributed by atoms with van der Waals surface area (Å²) in [4.78, 5) is 11.9. The van der Waals surface area contributed by atoms with E-state index in [4.69, 9.17) is 10.7 Å². The van der Waals surface area contributed by atoms with Crippen LogP contribution in [0.5, 0.6) is 0 Å². The van der Waals surface area contributed by atoms with Crippen LogP contribution in [-0.4, -0.2) is 30.1 Å². The van der Waals surface area contributed by atoms with E-state index in [0.717, 1.165) is 12.8 Å². The Kier molecular flexibility index (Phi) is 3.38. The van der Waals surface area contributed by atoms with Crippen LogP contribution in [-0.2, 0) is 9.05 Å². The molecule has 1 aliphatic carbocycles. The van der Waals surface area contributed by atoms with Gasteiger partial charge in [0.15, 0.2) is 5.69 Å². The quantitative estimate of drug-likeness (QED) is 0.832. The largest absolute Gasteiger partial charge is 0.346 e. The van der Waals surface area contributed by atoms with E-state index in [1.807, 2.05) is 0 Å². The molecule has 0 spiro atoms. The number of hydrogen-bond donors (Lipinski definition) is 2. The normalized spacial score (nSPS) is 16.4. The summed E-state index contributed by atoms with van der Waals surface area (Å²) in [6, 6.07) is 0. The summed E-state index contributed by atoms with van der Waals surface area (Å²) in [6.07, 6.45) is 1.75. The molecule has 2 N–H and O–H groups in total. The highest BCUT2D eigenvalue weighted by Gasteiger charge is 2.36. The molecule has 0 aromatic carbocycles. The van der Waals surface area contributed by atoms with Gasteiger partial charge >= 0.3 is 0 Å². The van der Waals surface area contributed by atoms with Gasteiger partial charge in [-0.1, -0.05) is 0 Å². The first-order chi connectivity index (χ1) is 8.59. The van der Waals surface area contributed by atoms with Gasteiger partial charge in [0.1, 0.15) is 4.90 Å². The molecule has 1 aromatic heterocycles. The number of halogens is 1. The first kappa shape index (κ1) is 14.3. The number of nitrogens with zero attached hydrogens (tertiary/aromatic N) is 1. The minimum Gasteiger partial charge on any atom is -0.346 e. The van der Waals surface area contributed by atoms with Crippen LogP contribution >= 0.6 is 10.7 Å². The van der Waals surface area contributed by atoms with Crippen LogP contribution in [0, 0.1) is 0 Å². The molecule has 106 valence electrons. The second-order valence-electron chi connectivity index (χ2n) is 5.73. The zero-order valence-corrected chi connectivity index (χ0v) is 12.5. The third-order valence-electron chi connectivity index (χ3n) is 2.68. The van der Waals surface area contributed by atoms with E-state index >= 15 is 0 Å². The highest BCUT2D eigenvalue weighted by atomic mass is 35.7. The lowest BCUT2D eigenvalue weighted by atomic mass is 10.1. The lowest BCUT2D eigenvalue weighted by Gasteiger charge is -2.19. The van der Waals surface area contributed by atoms with Gasteiger partial charge in [0, 0.05) is 22.1 Å². The highest BCUT2D eigenvalue weighted by Crippen LogP contribution is 2.43. The Labute approximate surface area is 116 Å². The lowest BCUT2D eigenvalue weighted by Crippen LogP contribution is -2.41. The molecule has 6 nitrogen and oxygen atoms in total. The van der Waals surface area contributed by atoms with E-state index in [9.17, 15) is 13.2 Å². The number of carbonyl (C=O) groups is 1. The van der Waals surface area contributed by atoms with Crippen molar-refractivity contribution >= 4 is 25.6 Å². The molecule has 19 heavy (non-hydrogen) atoms. The Morgan fingerprint density at radius 3 is 2.42 bits per heavy atom. The number of H-pyrrole nitrogens is 1. The molecule has 2 rings (SSSR count). The van der Waals surface area contributed by atoms with Crippen molar-refractivity contribution in [3.63, 3.8) is 0 Å². The van der Waals surface area contributed by atoms with Crippen molar-refractivity contribution in [2.45, 2.75) is 50.0 Å². The zero-order valence-electron chi connectivity index (χ0n) is 10.9. The molecular formula is C11H16ClN3O3S. The number of carbonyl (C=O) groups excluding carboxylic acids is 1. The fraction of sp³-hybridized carbons (Fsp3) is 0.636. The predicted octanol–water partition coefficient (Wildman–Crippen LogP) is 1.74. The Morgan fingerprint density at radius 2 is 2.00 bits per heavy atom. The molecule has 1 fully saturated rings. The zero-order chi connectivity index (χ0) is 14.4. The van der Waals surface area contributed by atoms with Crippen molar-refractivity contribution in [3.05, 3.63) is 11.4 Å². The summed E-state index contributed by atoms with van der Waals surface area (Å²) in [7, 11) is 1.42.